The maximum absolute atomic E-state index is 6.44. The second-order valence-corrected chi connectivity index (χ2v) is 17.6. The van der Waals surface area contributed by atoms with Crippen LogP contribution < -0.4 is 4.90 Å². The Balaban J connectivity index is 1.12. The topological polar surface area (TPSA) is 21.3 Å². The summed E-state index contributed by atoms with van der Waals surface area (Å²) in [5.74, 6) is 0. The fourth-order valence-electron chi connectivity index (χ4n) is 10.4. The first-order chi connectivity index (χ1) is 34.2. The zero-order valence-corrected chi connectivity index (χ0v) is 37.7. The average Bonchev–Trinajstić information content (AvgIpc) is 3.97. The number of hydrogen-bond acceptors (Lipinski definition) is 2. The number of rotatable bonds is 9. The summed E-state index contributed by atoms with van der Waals surface area (Å²) >= 11 is 0. The lowest BCUT2D eigenvalue weighted by Crippen LogP contribution is -2.12. The molecule has 0 saturated carbocycles. The Morgan fingerprint density at radius 1 is 0.290 bits per heavy atom. The maximum atomic E-state index is 6.44. The normalized spacial score (nSPS) is 11.5. The molecule has 0 atom stereocenters. The van der Waals surface area contributed by atoms with E-state index < -0.39 is 0 Å². The number of furan rings is 1. The number of para-hydroxylation sites is 3. The van der Waals surface area contributed by atoms with Gasteiger partial charge in [-0.15, -0.1) is 0 Å². The summed E-state index contributed by atoms with van der Waals surface area (Å²) in [4.78, 5) is 2.48. The summed E-state index contributed by atoms with van der Waals surface area (Å²) in [5.41, 5.74) is 19.9. The van der Waals surface area contributed by atoms with Crippen LogP contribution in [0.1, 0.15) is 0 Å². The van der Waals surface area contributed by atoms with E-state index in [9.17, 15) is 0 Å². The third-order valence-corrected chi connectivity index (χ3v) is 13.6. The van der Waals surface area contributed by atoms with Crippen LogP contribution in [0.2, 0.25) is 0 Å². The zero-order chi connectivity index (χ0) is 45.7. The van der Waals surface area contributed by atoms with Gasteiger partial charge in [-0.25, -0.2) is 0 Å². The summed E-state index contributed by atoms with van der Waals surface area (Å²) in [6, 6.07) is 96.4. The van der Waals surface area contributed by atoms with E-state index in [1.54, 1.807) is 0 Å². The standard InChI is InChI=1S/C66H44N2O/c1-5-19-45(20-6-1)48-25-17-26-49(41-48)55-31-18-33-63(66(55)50-35-40-65-60(42-50)57-30-14-16-34-64(57)69-65)67(52-36-38-54(46-21-7-2-8-22-46)58(43-52)47-23-9-3-10-24-47)53-37-39-62-59(44-53)56-29-13-15-32-61(56)68(62)51-27-11-4-12-28-51/h1-44H. The van der Waals surface area contributed by atoms with Gasteiger partial charge >= 0.3 is 0 Å². The van der Waals surface area contributed by atoms with E-state index in [-0.39, 0.29) is 0 Å². The number of aromatic nitrogens is 1. The lowest BCUT2D eigenvalue weighted by atomic mass is 9.89. The van der Waals surface area contributed by atoms with Crippen molar-refractivity contribution in [2.24, 2.45) is 0 Å². The van der Waals surface area contributed by atoms with Crippen LogP contribution in [0.15, 0.2) is 271 Å². The molecular formula is C66H44N2O. The number of hydrogen-bond donors (Lipinski definition) is 0. The van der Waals surface area contributed by atoms with Crippen LogP contribution in [-0.4, -0.2) is 4.57 Å². The van der Waals surface area contributed by atoms with E-state index in [2.05, 4.69) is 270 Å². The Hall–Kier alpha value is -9.18. The number of benzene rings is 11. The number of fused-ring (bicyclic) bond motifs is 6. The first kappa shape index (κ1) is 40.1. The highest BCUT2D eigenvalue weighted by molar-refractivity contribution is 6.12. The van der Waals surface area contributed by atoms with Crippen LogP contribution in [-0.2, 0) is 0 Å². The molecule has 0 bridgehead atoms. The quantitative estimate of drug-likeness (QED) is 0.144. The highest BCUT2D eigenvalue weighted by Crippen LogP contribution is 2.49. The van der Waals surface area contributed by atoms with Crippen LogP contribution >= 0.6 is 0 Å². The molecule has 3 heteroatoms. The largest absolute Gasteiger partial charge is 0.456 e. The van der Waals surface area contributed by atoms with Crippen LogP contribution in [0.25, 0.3) is 105 Å². The maximum Gasteiger partial charge on any atom is 0.135 e. The van der Waals surface area contributed by atoms with E-state index in [4.69, 9.17) is 4.42 Å². The molecule has 11 aromatic carbocycles. The molecule has 69 heavy (non-hydrogen) atoms. The Morgan fingerprint density at radius 3 is 1.65 bits per heavy atom. The molecule has 0 aliphatic rings. The monoisotopic (exact) mass is 880 g/mol. The molecule has 13 rings (SSSR count). The van der Waals surface area contributed by atoms with Crippen LogP contribution in [0.3, 0.4) is 0 Å². The molecule has 2 aromatic heterocycles. The molecule has 13 aromatic rings. The van der Waals surface area contributed by atoms with Gasteiger partial charge in [-0.05, 0) is 129 Å². The molecule has 0 fully saturated rings. The van der Waals surface area contributed by atoms with E-state index in [1.165, 1.54) is 38.5 Å². The summed E-state index contributed by atoms with van der Waals surface area (Å²) < 4.78 is 8.83. The summed E-state index contributed by atoms with van der Waals surface area (Å²) in [6.07, 6.45) is 0. The van der Waals surface area contributed by atoms with Gasteiger partial charge in [0.15, 0.2) is 0 Å². The number of anilines is 3. The molecule has 3 nitrogen and oxygen atoms in total. The minimum absolute atomic E-state index is 0.867. The Kier molecular flexibility index (Phi) is 9.84. The molecule has 0 aliphatic carbocycles. The fourth-order valence-corrected chi connectivity index (χ4v) is 10.4. The van der Waals surface area contributed by atoms with E-state index >= 15 is 0 Å². The first-order valence-electron chi connectivity index (χ1n) is 23.6. The van der Waals surface area contributed by atoms with Gasteiger partial charge in [0.2, 0.25) is 0 Å². The van der Waals surface area contributed by atoms with Gasteiger partial charge in [0, 0.05) is 44.2 Å². The Labute approximate surface area is 401 Å². The van der Waals surface area contributed by atoms with Gasteiger partial charge in [-0.1, -0.05) is 188 Å². The predicted octanol–water partition coefficient (Wildman–Crippen LogP) is 18.5. The van der Waals surface area contributed by atoms with Crippen molar-refractivity contribution in [1.29, 1.82) is 0 Å². The Bertz CT molecular complexity index is 4000. The third-order valence-electron chi connectivity index (χ3n) is 13.6. The zero-order valence-electron chi connectivity index (χ0n) is 37.7. The minimum Gasteiger partial charge on any atom is -0.456 e. The SMILES string of the molecule is c1ccc(-c2cccc(-c3cccc(N(c4ccc(-c5ccccc5)c(-c5ccccc5)c4)c4ccc5c(c4)c4ccccc4n5-c4ccccc4)c3-c3ccc4oc5ccccc5c4c3)c2)cc1. The molecule has 0 spiro atoms. The smallest absolute Gasteiger partial charge is 0.135 e. The average molecular weight is 881 g/mol. The molecule has 2 heterocycles. The molecule has 0 N–H and O–H groups in total. The highest BCUT2D eigenvalue weighted by Gasteiger charge is 2.25. The van der Waals surface area contributed by atoms with Crippen LogP contribution in [0, 0.1) is 0 Å². The Morgan fingerprint density at radius 2 is 0.870 bits per heavy atom. The van der Waals surface area contributed by atoms with Gasteiger partial charge in [-0.3, -0.25) is 0 Å². The second-order valence-electron chi connectivity index (χ2n) is 17.6. The second kappa shape index (κ2) is 16.9. The molecule has 0 aliphatic heterocycles. The lowest BCUT2D eigenvalue weighted by Gasteiger charge is -2.30. The lowest BCUT2D eigenvalue weighted by molar-refractivity contribution is 0.669. The molecule has 324 valence electrons. The molecule has 0 unspecified atom stereocenters. The fraction of sp³-hybridized carbons (Fsp3) is 0. The van der Waals surface area contributed by atoms with E-state index in [0.29, 0.717) is 0 Å². The number of nitrogens with zero attached hydrogens (tertiary/aromatic N) is 2. The van der Waals surface area contributed by atoms with E-state index in [1.807, 2.05) is 6.07 Å². The van der Waals surface area contributed by atoms with Crippen molar-refractivity contribution in [3.05, 3.63) is 267 Å². The highest BCUT2D eigenvalue weighted by atomic mass is 16.3. The summed E-state index contributed by atoms with van der Waals surface area (Å²) in [5, 5.41) is 4.56. The van der Waals surface area contributed by atoms with Crippen molar-refractivity contribution in [2.45, 2.75) is 0 Å². The summed E-state index contributed by atoms with van der Waals surface area (Å²) in [6.45, 7) is 0. The van der Waals surface area contributed by atoms with Gasteiger partial charge in [0.1, 0.15) is 11.2 Å². The first-order valence-corrected chi connectivity index (χ1v) is 23.6. The van der Waals surface area contributed by atoms with Gasteiger partial charge in [-0.2, -0.15) is 0 Å². The van der Waals surface area contributed by atoms with Crippen molar-refractivity contribution < 1.29 is 4.42 Å². The van der Waals surface area contributed by atoms with E-state index in [0.717, 1.165) is 83.6 Å². The van der Waals surface area contributed by atoms with Crippen LogP contribution in [0.5, 0.6) is 0 Å². The minimum atomic E-state index is 0.867. The molecule has 0 radical (unpaired) electrons. The predicted molar refractivity (Wildman–Crippen MR) is 290 cm³/mol. The van der Waals surface area contributed by atoms with Crippen molar-refractivity contribution in [3.8, 4) is 61.3 Å². The van der Waals surface area contributed by atoms with Gasteiger partial charge < -0.3 is 13.9 Å². The van der Waals surface area contributed by atoms with Crippen LogP contribution in [0.4, 0.5) is 17.1 Å². The van der Waals surface area contributed by atoms with Crippen molar-refractivity contribution in [1.82, 2.24) is 4.57 Å². The van der Waals surface area contributed by atoms with Crippen molar-refractivity contribution in [3.63, 3.8) is 0 Å². The molecular weight excluding hydrogens is 837 g/mol. The third kappa shape index (κ3) is 7.08. The molecule has 0 saturated heterocycles. The van der Waals surface area contributed by atoms with Gasteiger partial charge in [0.05, 0.1) is 16.7 Å². The molecule has 0 amide bonds. The summed E-state index contributed by atoms with van der Waals surface area (Å²) in [7, 11) is 0. The van der Waals surface area contributed by atoms with Crippen molar-refractivity contribution in [2.75, 3.05) is 4.90 Å². The van der Waals surface area contributed by atoms with Gasteiger partial charge in [0.25, 0.3) is 0 Å². The van der Waals surface area contributed by atoms with Crippen molar-refractivity contribution >= 4 is 60.8 Å².